The lowest BCUT2D eigenvalue weighted by atomic mass is 9.80. The molecule has 2 aromatic carbocycles. The highest BCUT2D eigenvalue weighted by atomic mass is 19.3. The third-order valence-corrected chi connectivity index (χ3v) is 5.63. The van der Waals surface area contributed by atoms with E-state index in [-0.39, 0.29) is 17.3 Å². The van der Waals surface area contributed by atoms with Gasteiger partial charge in [0.25, 0.3) is 0 Å². The van der Waals surface area contributed by atoms with Gasteiger partial charge in [0.1, 0.15) is 11.6 Å². The van der Waals surface area contributed by atoms with Gasteiger partial charge in [-0.05, 0) is 60.7 Å². The van der Waals surface area contributed by atoms with Gasteiger partial charge in [0.05, 0.1) is 11.3 Å². The number of benzene rings is 2. The van der Waals surface area contributed by atoms with Crippen molar-refractivity contribution >= 4 is 5.96 Å². The second-order valence-electron chi connectivity index (χ2n) is 7.78. The molecule has 0 aromatic heterocycles. The molecular weight excluding hydrogens is 403 g/mol. The van der Waals surface area contributed by atoms with Crippen molar-refractivity contribution in [1.29, 1.82) is 0 Å². The molecule has 1 aliphatic carbocycles. The van der Waals surface area contributed by atoms with E-state index in [1.165, 1.54) is 12.1 Å². The van der Waals surface area contributed by atoms with E-state index in [1.54, 1.807) is 43.1 Å². The first-order chi connectivity index (χ1) is 14.7. The molecule has 1 heterocycles. The zero-order valence-corrected chi connectivity index (χ0v) is 17.3. The number of ether oxygens (including phenoxy) is 1. The number of rotatable bonds is 4. The maximum atomic E-state index is 14.5. The van der Waals surface area contributed by atoms with Crippen LogP contribution >= 0.6 is 0 Å². The van der Waals surface area contributed by atoms with Gasteiger partial charge in [-0.3, -0.25) is 0 Å². The molecule has 0 unspecified atom stereocenters. The predicted molar refractivity (Wildman–Crippen MR) is 113 cm³/mol. The monoisotopic (exact) mass is 425 g/mol. The standard InChI is InChI=1S/C24H22F3N3O/c1-14-12-18(9-11-21(14)31-22(26)27)24(15(2)30(3)23(28)29-24)19-8-10-20(25)17(13-19)7-6-16-4-5-16/h8-13,16,22H,2,4-5H2,1,3H3,(H2,28,29)/t24-/m0/s1. The van der Waals surface area contributed by atoms with Gasteiger partial charge < -0.3 is 15.4 Å². The number of aliphatic imine (C=N–C) groups is 1. The van der Waals surface area contributed by atoms with E-state index in [2.05, 4.69) is 23.2 Å². The molecule has 0 radical (unpaired) electrons. The number of halogens is 3. The first kappa shape index (κ1) is 20.9. The number of hydrogen-bond acceptors (Lipinski definition) is 4. The Hall–Kier alpha value is -3.40. The van der Waals surface area contributed by atoms with Crippen molar-refractivity contribution in [3.05, 3.63) is 76.7 Å². The molecule has 0 saturated heterocycles. The average Bonchev–Trinajstić information content (AvgIpc) is 3.52. The molecule has 0 bridgehead atoms. The predicted octanol–water partition coefficient (Wildman–Crippen LogP) is 4.51. The van der Waals surface area contributed by atoms with Crippen molar-refractivity contribution in [2.24, 2.45) is 16.6 Å². The Labute approximate surface area is 179 Å². The van der Waals surface area contributed by atoms with E-state index in [0.717, 1.165) is 12.8 Å². The van der Waals surface area contributed by atoms with Crippen molar-refractivity contribution in [3.8, 4) is 17.6 Å². The molecule has 2 aromatic rings. The molecule has 160 valence electrons. The molecule has 0 spiro atoms. The van der Waals surface area contributed by atoms with Crippen LogP contribution in [-0.2, 0) is 5.54 Å². The third-order valence-electron chi connectivity index (χ3n) is 5.63. The Bertz CT molecular complexity index is 1140. The Kier molecular flexibility index (Phi) is 5.18. The Morgan fingerprint density at radius 2 is 1.90 bits per heavy atom. The third kappa shape index (κ3) is 3.74. The summed E-state index contributed by atoms with van der Waals surface area (Å²) in [6.07, 6.45) is 2.07. The molecule has 2 N–H and O–H groups in total. The van der Waals surface area contributed by atoms with Crippen LogP contribution in [0.3, 0.4) is 0 Å². The van der Waals surface area contributed by atoms with Gasteiger partial charge in [0, 0.05) is 13.0 Å². The van der Waals surface area contributed by atoms with Crippen molar-refractivity contribution in [2.75, 3.05) is 7.05 Å². The van der Waals surface area contributed by atoms with Gasteiger partial charge in [-0.15, -0.1) is 0 Å². The van der Waals surface area contributed by atoms with Crippen molar-refractivity contribution in [2.45, 2.75) is 31.9 Å². The molecule has 2 aliphatic rings. The van der Waals surface area contributed by atoms with E-state index in [9.17, 15) is 13.2 Å². The lowest BCUT2D eigenvalue weighted by Gasteiger charge is -2.31. The molecule has 0 amide bonds. The number of likely N-dealkylation sites (N-methyl/N-ethyl adjacent to an activating group) is 1. The van der Waals surface area contributed by atoms with Gasteiger partial charge >= 0.3 is 6.61 Å². The zero-order chi connectivity index (χ0) is 22.3. The van der Waals surface area contributed by atoms with E-state index in [1.807, 2.05) is 0 Å². The molecule has 31 heavy (non-hydrogen) atoms. The second-order valence-corrected chi connectivity index (χ2v) is 7.78. The molecular formula is C24H22F3N3O. The normalized spacial score (nSPS) is 20.5. The summed E-state index contributed by atoms with van der Waals surface area (Å²) in [6.45, 7) is 2.92. The Morgan fingerprint density at radius 1 is 1.23 bits per heavy atom. The van der Waals surface area contributed by atoms with E-state index in [0.29, 0.717) is 28.3 Å². The van der Waals surface area contributed by atoms with Crippen LogP contribution in [0.5, 0.6) is 5.75 Å². The minimum atomic E-state index is -2.93. The van der Waals surface area contributed by atoms with E-state index >= 15 is 0 Å². The highest BCUT2D eigenvalue weighted by Crippen LogP contribution is 2.46. The van der Waals surface area contributed by atoms with Crippen molar-refractivity contribution in [1.82, 2.24) is 4.90 Å². The topological polar surface area (TPSA) is 50.8 Å². The minimum absolute atomic E-state index is 0.0675. The number of nitrogens with two attached hydrogens (primary N) is 1. The first-order valence-corrected chi connectivity index (χ1v) is 9.88. The Balaban J connectivity index is 1.87. The molecule has 1 fully saturated rings. The van der Waals surface area contributed by atoms with Crippen LogP contribution in [0, 0.1) is 30.5 Å². The number of hydrogen-bond donors (Lipinski definition) is 1. The van der Waals surface area contributed by atoms with E-state index in [4.69, 9.17) is 10.7 Å². The van der Waals surface area contributed by atoms with Crippen LogP contribution in [0.25, 0.3) is 0 Å². The second kappa shape index (κ2) is 7.69. The number of nitrogens with zero attached hydrogens (tertiary/aromatic N) is 2. The van der Waals surface area contributed by atoms with Crippen LogP contribution in [-0.4, -0.2) is 24.5 Å². The summed E-state index contributed by atoms with van der Waals surface area (Å²) in [5.41, 5.74) is 7.59. The van der Waals surface area contributed by atoms with Crippen LogP contribution in [0.4, 0.5) is 13.2 Å². The summed E-state index contributed by atoms with van der Waals surface area (Å²) < 4.78 is 44.4. The quantitative estimate of drug-likeness (QED) is 0.733. The molecule has 1 atom stereocenters. The largest absolute Gasteiger partial charge is 0.435 e. The number of alkyl halides is 2. The fourth-order valence-corrected chi connectivity index (χ4v) is 3.68. The lowest BCUT2D eigenvalue weighted by molar-refractivity contribution is -0.0503. The summed E-state index contributed by atoms with van der Waals surface area (Å²) >= 11 is 0. The highest BCUT2D eigenvalue weighted by molar-refractivity contribution is 5.85. The first-order valence-electron chi connectivity index (χ1n) is 9.88. The van der Waals surface area contributed by atoms with Gasteiger partial charge in [-0.25, -0.2) is 9.38 Å². The molecule has 1 aliphatic heterocycles. The summed E-state index contributed by atoms with van der Waals surface area (Å²) in [5, 5.41) is 0. The fraction of sp³-hybridized carbons (Fsp3) is 0.292. The molecule has 4 rings (SSSR count). The van der Waals surface area contributed by atoms with Gasteiger partial charge in [0.2, 0.25) is 0 Å². The van der Waals surface area contributed by atoms with Gasteiger partial charge in [0.15, 0.2) is 11.5 Å². The minimum Gasteiger partial charge on any atom is -0.435 e. The van der Waals surface area contributed by atoms with Crippen molar-refractivity contribution < 1.29 is 17.9 Å². The molecule has 1 saturated carbocycles. The highest BCUT2D eigenvalue weighted by Gasteiger charge is 2.45. The van der Waals surface area contributed by atoms with Crippen LogP contribution < -0.4 is 10.5 Å². The lowest BCUT2D eigenvalue weighted by Crippen LogP contribution is -2.32. The number of aryl methyl sites for hydroxylation is 1. The van der Waals surface area contributed by atoms with Crippen LogP contribution in [0.2, 0.25) is 0 Å². The average molecular weight is 425 g/mol. The van der Waals surface area contributed by atoms with E-state index < -0.39 is 18.0 Å². The SMILES string of the molecule is C=C1N(C)C(N)=N[C@@]1(c1ccc(OC(F)F)c(C)c1)c1ccc(F)c(C#CC2CC2)c1. The Morgan fingerprint density at radius 3 is 2.48 bits per heavy atom. The number of guanidine groups is 1. The maximum Gasteiger partial charge on any atom is 0.387 e. The summed E-state index contributed by atoms with van der Waals surface area (Å²) in [7, 11) is 1.74. The van der Waals surface area contributed by atoms with Crippen molar-refractivity contribution in [3.63, 3.8) is 0 Å². The summed E-state index contributed by atoms with van der Waals surface area (Å²) in [5.74, 6) is 6.22. The summed E-state index contributed by atoms with van der Waals surface area (Å²) in [6, 6.07) is 9.45. The zero-order valence-electron chi connectivity index (χ0n) is 17.3. The maximum absolute atomic E-state index is 14.5. The van der Waals surface area contributed by atoms with Crippen LogP contribution in [0.15, 0.2) is 53.7 Å². The molecule has 4 nitrogen and oxygen atoms in total. The fourth-order valence-electron chi connectivity index (χ4n) is 3.68. The smallest absolute Gasteiger partial charge is 0.387 e. The molecule has 7 heteroatoms. The van der Waals surface area contributed by atoms with Gasteiger partial charge in [-0.1, -0.05) is 30.6 Å². The van der Waals surface area contributed by atoms with Crippen LogP contribution in [0.1, 0.15) is 35.1 Å². The summed E-state index contributed by atoms with van der Waals surface area (Å²) in [4.78, 5) is 6.34. The van der Waals surface area contributed by atoms with Gasteiger partial charge in [-0.2, -0.15) is 8.78 Å².